The van der Waals surface area contributed by atoms with Gasteiger partial charge in [-0.3, -0.25) is 4.79 Å². The summed E-state index contributed by atoms with van der Waals surface area (Å²) < 4.78 is 10.4. The van der Waals surface area contributed by atoms with E-state index in [4.69, 9.17) is 14.6 Å². The summed E-state index contributed by atoms with van der Waals surface area (Å²) >= 11 is 0. The molecule has 1 aromatic carbocycles. The summed E-state index contributed by atoms with van der Waals surface area (Å²) in [6.45, 7) is 3.73. The van der Waals surface area contributed by atoms with Gasteiger partial charge in [-0.25, -0.2) is 0 Å². The SMILES string of the molecule is CC[C@H](C(=O)O)c1cc(C)c(OC)c(OC)c1. The lowest BCUT2D eigenvalue weighted by Gasteiger charge is -2.16. The van der Waals surface area contributed by atoms with E-state index >= 15 is 0 Å². The molecule has 0 saturated carbocycles. The number of hydrogen-bond donors (Lipinski definition) is 1. The molecule has 94 valence electrons. The van der Waals surface area contributed by atoms with E-state index in [1.54, 1.807) is 20.3 Å². The summed E-state index contributed by atoms with van der Waals surface area (Å²) in [5.74, 6) is -0.105. The highest BCUT2D eigenvalue weighted by molar-refractivity contribution is 5.76. The Hall–Kier alpha value is -1.71. The van der Waals surface area contributed by atoms with Crippen molar-refractivity contribution in [1.82, 2.24) is 0 Å². The molecule has 1 rings (SSSR count). The number of carbonyl (C=O) groups is 1. The summed E-state index contributed by atoms with van der Waals surface area (Å²) in [6, 6.07) is 3.57. The van der Waals surface area contributed by atoms with E-state index in [1.807, 2.05) is 19.9 Å². The first-order valence-electron chi connectivity index (χ1n) is 5.50. The number of benzene rings is 1. The lowest BCUT2D eigenvalue weighted by Crippen LogP contribution is -2.11. The van der Waals surface area contributed by atoms with E-state index in [9.17, 15) is 4.79 Å². The maximum absolute atomic E-state index is 11.1. The summed E-state index contributed by atoms with van der Waals surface area (Å²) in [7, 11) is 3.11. The molecule has 0 unspecified atom stereocenters. The highest BCUT2D eigenvalue weighted by atomic mass is 16.5. The van der Waals surface area contributed by atoms with Crippen LogP contribution in [0.5, 0.6) is 11.5 Å². The number of ether oxygens (including phenoxy) is 2. The first-order valence-corrected chi connectivity index (χ1v) is 5.50. The third-order valence-electron chi connectivity index (χ3n) is 2.80. The van der Waals surface area contributed by atoms with Crippen molar-refractivity contribution in [1.29, 1.82) is 0 Å². The molecular formula is C13H18O4. The lowest BCUT2D eigenvalue weighted by molar-refractivity contribution is -0.138. The Morgan fingerprint density at radius 1 is 1.35 bits per heavy atom. The minimum absolute atomic E-state index is 0.506. The van der Waals surface area contributed by atoms with E-state index in [-0.39, 0.29) is 0 Å². The molecule has 0 fully saturated rings. The predicted octanol–water partition coefficient (Wildman–Crippen LogP) is 2.59. The number of hydrogen-bond acceptors (Lipinski definition) is 3. The van der Waals surface area contributed by atoms with Crippen LogP contribution >= 0.6 is 0 Å². The van der Waals surface area contributed by atoms with Gasteiger partial charge in [0, 0.05) is 0 Å². The summed E-state index contributed by atoms with van der Waals surface area (Å²) in [4.78, 5) is 11.1. The van der Waals surface area contributed by atoms with Crippen molar-refractivity contribution in [3.63, 3.8) is 0 Å². The molecule has 0 aliphatic heterocycles. The van der Waals surface area contributed by atoms with Crippen molar-refractivity contribution in [2.45, 2.75) is 26.2 Å². The molecule has 4 heteroatoms. The van der Waals surface area contributed by atoms with Gasteiger partial charge in [-0.2, -0.15) is 0 Å². The molecule has 0 saturated heterocycles. The standard InChI is InChI=1S/C13H18O4/c1-5-10(13(14)15)9-6-8(2)12(17-4)11(7-9)16-3/h6-7,10H,5H2,1-4H3,(H,14,15)/t10-/m0/s1. The maximum atomic E-state index is 11.1. The van der Waals surface area contributed by atoms with Crippen LogP contribution in [0.1, 0.15) is 30.4 Å². The van der Waals surface area contributed by atoms with Gasteiger partial charge in [0.15, 0.2) is 11.5 Å². The summed E-state index contributed by atoms with van der Waals surface area (Å²) in [5, 5.41) is 9.14. The number of methoxy groups -OCH3 is 2. The highest BCUT2D eigenvalue weighted by Crippen LogP contribution is 2.35. The average molecular weight is 238 g/mol. The van der Waals surface area contributed by atoms with Crippen molar-refractivity contribution in [3.8, 4) is 11.5 Å². The molecule has 1 aromatic rings. The molecule has 0 heterocycles. The molecule has 1 atom stereocenters. The van der Waals surface area contributed by atoms with E-state index in [1.165, 1.54) is 0 Å². The van der Waals surface area contributed by atoms with Gasteiger partial charge in [-0.15, -0.1) is 0 Å². The van der Waals surface area contributed by atoms with Crippen LogP contribution in [0.15, 0.2) is 12.1 Å². The van der Waals surface area contributed by atoms with Crippen LogP contribution in [-0.4, -0.2) is 25.3 Å². The van der Waals surface area contributed by atoms with Crippen molar-refractivity contribution < 1.29 is 19.4 Å². The smallest absolute Gasteiger partial charge is 0.310 e. The van der Waals surface area contributed by atoms with Gasteiger partial charge < -0.3 is 14.6 Å². The molecule has 4 nitrogen and oxygen atoms in total. The Kier molecular flexibility index (Phi) is 4.37. The van der Waals surface area contributed by atoms with Crippen molar-refractivity contribution in [3.05, 3.63) is 23.3 Å². The Balaban J connectivity index is 3.27. The fraction of sp³-hybridized carbons (Fsp3) is 0.462. The van der Waals surface area contributed by atoms with Gasteiger partial charge in [-0.05, 0) is 30.5 Å². The molecule has 0 aromatic heterocycles. The number of rotatable bonds is 5. The van der Waals surface area contributed by atoms with Crippen LogP contribution in [0.2, 0.25) is 0 Å². The molecular weight excluding hydrogens is 220 g/mol. The maximum Gasteiger partial charge on any atom is 0.310 e. The molecule has 0 spiro atoms. The van der Waals surface area contributed by atoms with E-state index in [0.717, 1.165) is 11.1 Å². The van der Waals surface area contributed by atoms with Crippen LogP contribution in [-0.2, 0) is 4.79 Å². The van der Waals surface area contributed by atoms with Crippen LogP contribution in [0, 0.1) is 6.92 Å². The number of aliphatic carboxylic acids is 1. The van der Waals surface area contributed by atoms with Gasteiger partial charge >= 0.3 is 5.97 Å². The second-order valence-corrected chi connectivity index (χ2v) is 3.87. The molecule has 0 amide bonds. The molecule has 0 aliphatic rings. The number of aryl methyl sites for hydroxylation is 1. The van der Waals surface area contributed by atoms with Gasteiger partial charge in [0.25, 0.3) is 0 Å². The summed E-state index contributed by atoms with van der Waals surface area (Å²) in [5.41, 5.74) is 1.62. The molecule has 0 bridgehead atoms. The second-order valence-electron chi connectivity index (χ2n) is 3.87. The first-order chi connectivity index (χ1) is 8.04. The van der Waals surface area contributed by atoms with Crippen molar-refractivity contribution in [2.24, 2.45) is 0 Å². The number of carboxylic acids is 1. The van der Waals surface area contributed by atoms with Crippen LogP contribution in [0.4, 0.5) is 0 Å². The van der Waals surface area contributed by atoms with E-state index in [2.05, 4.69) is 0 Å². The topological polar surface area (TPSA) is 55.8 Å². The van der Waals surface area contributed by atoms with Crippen LogP contribution < -0.4 is 9.47 Å². The lowest BCUT2D eigenvalue weighted by atomic mass is 9.94. The third-order valence-corrected chi connectivity index (χ3v) is 2.80. The molecule has 0 radical (unpaired) electrons. The molecule has 17 heavy (non-hydrogen) atoms. The zero-order valence-corrected chi connectivity index (χ0v) is 10.6. The summed E-state index contributed by atoms with van der Waals surface area (Å²) in [6.07, 6.45) is 0.546. The van der Waals surface area contributed by atoms with E-state index < -0.39 is 11.9 Å². The Bertz CT molecular complexity index is 412. The van der Waals surface area contributed by atoms with Gasteiger partial charge in [0.1, 0.15) is 0 Å². The highest BCUT2D eigenvalue weighted by Gasteiger charge is 2.20. The van der Waals surface area contributed by atoms with Gasteiger partial charge in [0.05, 0.1) is 20.1 Å². The van der Waals surface area contributed by atoms with Gasteiger partial charge in [-0.1, -0.05) is 13.0 Å². The van der Waals surface area contributed by atoms with E-state index in [0.29, 0.717) is 17.9 Å². The van der Waals surface area contributed by atoms with Crippen LogP contribution in [0.25, 0.3) is 0 Å². The normalized spacial score (nSPS) is 12.0. The Labute approximate surface area is 101 Å². The average Bonchev–Trinajstić information content (AvgIpc) is 2.28. The minimum atomic E-state index is -0.820. The Morgan fingerprint density at radius 2 is 2.00 bits per heavy atom. The fourth-order valence-corrected chi connectivity index (χ4v) is 1.94. The molecule has 1 N–H and O–H groups in total. The third kappa shape index (κ3) is 2.70. The van der Waals surface area contributed by atoms with Crippen molar-refractivity contribution in [2.75, 3.05) is 14.2 Å². The van der Waals surface area contributed by atoms with Crippen LogP contribution in [0.3, 0.4) is 0 Å². The first kappa shape index (κ1) is 13.4. The zero-order valence-electron chi connectivity index (χ0n) is 10.6. The second kappa shape index (κ2) is 5.57. The predicted molar refractivity (Wildman–Crippen MR) is 65.0 cm³/mol. The van der Waals surface area contributed by atoms with Crippen molar-refractivity contribution >= 4 is 5.97 Å². The molecule has 0 aliphatic carbocycles. The monoisotopic (exact) mass is 238 g/mol. The zero-order chi connectivity index (χ0) is 13.0. The number of carboxylic acid groups (broad SMARTS) is 1. The van der Waals surface area contributed by atoms with Gasteiger partial charge in [0.2, 0.25) is 0 Å². The quantitative estimate of drug-likeness (QED) is 0.856. The Morgan fingerprint density at radius 3 is 2.41 bits per heavy atom. The largest absolute Gasteiger partial charge is 0.493 e. The minimum Gasteiger partial charge on any atom is -0.493 e. The fourth-order valence-electron chi connectivity index (χ4n) is 1.94.